The molecule has 6 heteroatoms. The van der Waals surface area contributed by atoms with Gasteiger partial charge in [0.05, 0.1) is 18.5 Å². The van der Waals surface area contributed by atoms with E-state index in [1.807, 2.05) is 36.6 Å². The number of aryl methyl sites for hydroxylation is 1. The van der Waals surface area contributed by atoms with Gasteiger partial charge in [0.1, 0.15) is 12.4 Å². The third-order valence-corrected chi connectivity index (χ3v) is 3.08. The average Bonchev–Trinajstić information content (AvgIpc) is 2.83. The van der Waals surface area contributed by atoms with E-state index in [9.17, 15) is 0 Å². The molecule has 2 aromatic rings. The van der Waals surface area contributed by atoms with Crippen LogP contribution in [0.4, 0.5) is 5.13 Å². The number of nitrogens with one attached hydrogen (secondary N) is 1. The van der Waals surface area contributed by atoms with Crippen molar-refractivity contribution in [3.63, 3.8) is 0 Å². The van der Waals surface area contributed by atoms with Gasteiger partial charge in [0, 0.05) is 5.38 Å². The highest BCUT2D eigenvalue weighted by Crippen LogP contribution is 2.14. The third kappa shape index (κ3) is 4.35. The highest BCUT2D eigenvalue weighted by molar-refractivity contribution is 7.13. The summed E-state index contributed by atoms with van der Waals surface area (Å²) in [7, 11) is 0. The molecule has 0 spiro atoms. The van der Waals surface area contributed by atoms with Crippen molar-refractivity contribution in [2.24, 2.45) is 5.10 Å². The lowest BCUT2D eigenvalue weighted by Gasteiger charge is -2.04. The molecule has 0 amide bonds. The number of nitrogens with zero attached hydrogens (tertiary/aromatic N) is 2. The first kappa shape index (κ1) is 13.5. The molecule has 0 saturated heterocycles. The molecular formula is C13H15N3O2S. The van der Waals surface area contributed by atoms with Crippen molar-refractivity contribution in [3.8, 4) is 5.75 Å². The molecule has 0 aliphatic rings. The average molecular weight is 277 g/mol. The molecule has 0 bridgehead atoms. The molecular weight excluding hydrogens is 262 g/mol. The van der Waals surface area contributed by atoms with Crippen molar-refractivity contribution < 1.29 is 9.84 Å². The molecule has 2 rings (SSSR count). The van der Waals surface area contributed by atoms with Gasteiger partial charge in [-0.2, -0.15) is 5.10 Å². The first-order chi connectivity index (χ1) is 9.28. The molecule has 0 aliphatic carbocycles. The SMILES string of the molecule is Cc1csc(NN=Cc2cccc(OCCO)c2)n1. The summed E-state index contributed by atoms with van der Waals surface area (Å²) >= 11 is 1.51. The van der Waals surface area contributed by atoms with Crippen molar-refractivity contribution in [1.29, 1.82) is 0 Å². The van der Waals surface area contributed by atoms with E-state index in [-0.39, 0.29) is 13.2 Å². The van der Waals surface area contributed by atoms with Gasteiger partial charge in [0.15, 0.2) is 0 Å². The second kappa shape index (κ2) is 6.86. The summed E-state index contributed by atoms with van der Waals surface area (Å²) in [6.45, 7) is 2.23. The number of hydrogen-bond donors (Lipinski definition) is 2. The number of thiazole rings is 1. The second-order valence-corrected chi connectivity index (χ2v) is 4.67. The van der Waals surface area contributed by atoms with Crippen LogP contribution in [0.5, 0.6) is 5.75 Å². The fraction of sp³-hybridized carbons (Fsp3) is 0.231. The number of anilines is 1. The van der Waals surface area contributed by atoms with E-state index in [1.165, 1.54) is 11.3 Å². The summed E-state index contributed by atoms with van der Waals surface area (Å²) in [5.74, 6) is 0.711. The Morgan fingerprint density at radius 1 is 1.53 bits per heavy atom. The lowest BCUT2D eigenvalue weighted by atomic mass is 10.2. The summed E-state index contributed by atoms with van der Waals surface area (Å²) in [6.07, 6.45) is 1.70. The lowest BCUT2D eigenvalue weighted by Crippen LogP contribution is -2.01. The summed E-state index contributed by atoms with van der Waals surface area (Å²) in [6, 6.07) is 7.49. The van der Waals surface area contributed by atoms with Gasteiger partial charge < -0.3 is 9.84 Å². The fourth-order valence-electron chi connectivity index (χ4n) is 1.42. The third-order valence-electron chi connectivity index (χ3n) is 2.21. The van der Waals surface area contributed by atoms with Crippen LogP contribution in [0.2, 0.25) is 0 Å². The Bertz CT molecular complexity index is 554. The Balaban J connectivity index is 1.94. The molecule has 0 saturated carbocycles. The summed E-state index contributed by atoms with van der Waals surface area (Å²) < 4.78 is 5.32. The minimum Gasteiger partial charge on any atom is -0.491 e. The fourth-order valence-corrected chi connectivity index (χ4v) is 2.05. The van der Waals surface area contributed by atoms with Crippen LogP contribution in [0.3, 0.4) is 0 Å². The van der Waals surface area contributed by atoms with E-state index < -0.39 is 0 Å². The molecule has 19 heavy (non-hydrogen) atoms. The Morgan fingerprint density at radius 3 is 3.16 bits per heavy atom. The van der Waals surface area contributed by atoms with Crippen molar-refractivity contribution in [3.05, 3.63) is 40.9 Å². The molecule has 0 unspecified atom stereocenters. The maximum atomic E-state index is 8.70. The van der Waals surface area contributed by atoms with E-state index in [0.717, 1.165) is 16.4 Å². The van der Waals surface area contributed by atoms with E-state index >= 15 is 0 Å². The standard InChI is InChI=1S/C13H15N3O2S/c1-10-9-19-13(15-10)16-14-8-11-3-2-4-12(7-11)18-6-5-17/h2-4,7-9,17H,5-6H2,1H3,(H,15,16). The van der Waals surface area contributed by atoms with Gasteiger partial charge >= 0.3 is 0 Å². The second-order valence-electron chi connectivity index (χ2n) is 3.81. The number of hydrazone groups is 1. The van der Waals surface area contributed by atoms with Gasteiger partial charge in [-0.25, -0.2) is 4.98 Å². The van der Waals surface area contributed by atoms with Crippen LogP contribution in [0.15, 0.2) is 34.7 Å². The first-order valence-corrected chi connectivity index (χ1v) is 6.71. The van der Waals surface area contributed by atoms with Crippen molar-refractivity contribution in [2.45, 2.75) is 6.92 Å². The van der Waals surface area contributed by atoms with Crippen LogP contribution < -0.4 is 10.2 Å². The van der Waals surface area contributed by atoms with Crippen molar-refractivity contribution in [2.75, 3.05) is 18.6 Å². The zero-order chi connectivity index (χ0) is 13.5. The van der Waals surface area contributed by atoms with Gasteiger partial charge in [0.25, 0.3) is 0 Å². The van der Waals surface area contributed by atoms with Crippen LogP contribution in [-0.4, -0.2) is 29.5 Å². The largest absolute Gasteiger partial charge is 0.491 e. The summed E-state index contributed by atoms with van der Waals surface area (Å²) in [5.41, 5.74) is 4.76. The van der Waals surface area contributed by atoms with E-state index in [0.29, 0.717) is 5.75 Å². The maximum absolute atomic E-state index is 8.70. The summed E-state index contributed by atoms with van der Waals surface area (Å²) in [5, 5.41) is 15.5. The van der Waals surface area contributed by atoms with Gasteiger partial charge in [-0.05, 0) is 24.6 Å². The zero-order valence-electron chi connectivity index (χ0n) is 10.5. The molecule has 0 atom stereocenters. The monoisotopic (exact) mass is 277 g/mol. The van der Waals surface area contributed by atoms with E-state index in [1.54, 1.807) is 6.21 Å². The van der Waals surface area contributed by atoms with Crippen molar-refractivity contribution >= 4 is 22.7 Å². The van der Waals surface area contributed by atoms with Crippen LogP contribution in [0.25, 0.3) is 0 Å². The predicted molar refractivity (Wildman–Crippen MR) is 77.1 cm³/mol. The quantitative estimate of drug-likeness (QED) is 0.628. The molecule has 1 aromatic carbocycles. The molecule has 2 N–H and O–H groups in total. The van der Waals surface area contributed by atoms with Gasteiger partial charge in [-0.1, -0.05) is 12.1 Å². The van der Waals surface area contributed by atoms with Crippen LogP contribution in [-0.2, 0) is 0 Å². The Hall–Kier alpha value is -1.92. The highest BCUT2D eigenvalue weighted by Gasteiger charge is 1.96. The van der Waals surface area contributed by atoms with Crippen LogP contribution >= 0.6 is 11.3 Å². The smallest absolute Gasteiger partial charge is 0.203 e. The van der Waals surface area contributed by atoms with E-state index in [4.69, 9.17) is 9.84 Å². The molecule has 0 radical (unpaired) electrons. The topological polar surface area (TPSA) is 66.7 Å². The molecule has 0 aliphatic heterocycles. The predicted octanol–water partition coefficient (Wildman–Crippen LogP) is 2.27. The Labute approximate surface area is 115 Å². The minimum atomic E-state index is 0.00324. The Kier molecular flexibility index (Phi) is 4.88. The minimum absolute atomic E-state index is 0.00324. The number of ether oxygens (including phenoxy) is 1. The lowest BCUT2D eigenvalue weighted by molar-refractivity contribution is 0.201. The number of hydrogen-bond acceptors (Lipinski definition) is 6. The zero-order valence-corrected chi connectivity index (χ0v) is 11.4. The number of rotatable bonds is 6. The van der Waals surface area contributed by atoms with Gasteiger partial charge in [0.2, 0.25) is 5.13 Å². The first-order valence-electron chi connectivity index (χ1n) is 5.83. The molecule has 5 nitrogen and oxygen atoms in total. The highest BCUT2D eigenvalue weighted by atomic mass is 32.1. The number of aliphatic hydroxyl groups excluding tert-OH is 1. The van der Waals surface area contributed by atoms with Crippen LogP contribution in [0, 0.1) is 6.92 Å². The number of benzene rings is 1. The number of aromatic nitrogens is 1. The van der Waals surface area contributed by atoms with Crippen molar-refractivity contribution in [1.82, 2.24) is 4.98 Å². The van der Waals surface area contributed by atoms with E-state index in [2.05, 4.69) is 15.5 Å². The van der Waals surface area contributed by atoms with Gasteiger partial charge in [-0.15, -0.1) is 11.3 Å². The summed E-state index contributed by atoms with van der Waals surface area (Å²) in [4.78, 5) is 4.24. The van der Waals surface area contributed by atoms with Gasteiger partial charge in [-0.3, -0.25) is 5.43 Å². The number of aliphatic hydroxyl groups is 1. The molecule has 1 aromatic heterocycles. The molecule has 0 fully saturated rings. The normalized spacial score (nSPS) is 10.8. The van der Waals surface area contributed by atoms with Crippen LogP contribution in [0.1, 0.15) is 11.3 Å². The molecule has 1 heterocycles. The Morgan fingerprint density at radius 2 is 2.42 bits per heavy atom. The molecule has 100 valence electrons. The maximum Gasteiger partial charge on any atom is 0.203 e.